The number of ether oxygens (including phenoxy) is 1. The molecule has 2 fully saturated rings. The van der Waals surface area contributed by atoms with Crippen LogP contribution >= 0.6 is 0 Å². The van der Waals surface area contributed by atoms with E-state index in [9.17, 15) is 0 Å². The highest BCUT2D eigenvalue weighted by molar-refractivity contribution is 5.14. The van der Waals surface area contributed by atoms with E-state index in [1.807, 2.05) is 0 Å². The third-order valence-corrected chi connectivity index (χ3v) is 4.22. The van der Waals surface area contributed by atoms with Crippen molar-refractivity contribution in [1.29, 1.82) is 0 Å². The summed E-state index contributed by atoms with van der Waals surface area (Å²) in [6.45, 7) is 3.65. The molecule has 0 radical (unpaired) electrons. The molecule has 3 aliphatic carbocycles. The molecule has 0 heterocycles. The van der Waals surface area contributed by atoms with Crippen LogP contribution in [-0.4, -0.2) is 6.10 Å². The Morgan fingerprint density at radius 1 is 1.31 bits per heavy atom. The zero-order valence-electron chi connectivity index (χ0n) is 7.86. The van der Waals surface area contributed by atoms with Gasteiger partial charge >= 0.3 is 0 Å². The van der Waals surface area contributed by atoms with Gasteiger partial charge in [0, 0.05) is 5.92 Å². The summed E-state index contributed by atoms with van der Waals surface area (Å²) in [5, 5.41) is 0. The average molecular weight is 176 g/mol. The first-order chi connectivity index (χ1) is 6.40. The first-order valence-electron chi connectivity index (χ1n) is 5.33. The fraction of sp³-hybridized carbons (Fsp3) is 0.667. The highest BCUT2D eigenvalue weighted by Gasteiger charge is 2.53. The molecular formula is C12H16O. The Morgan fingerprint density at radius 3 is 3.08 bits per heavy atom. The van der Waals surface area contributed by atoms with E-state index >= 15 is 0 Å². The zero-order valence-corrected chi connectivity index (χ0v) is 7.86. The molecule has 0 aromatic heterocycles. The van der Waals surface area contributed by atoms with Crippen molar-refractivity contribution in [3.8, 4) is 0 Å². The third-order valence-electron chi connectivity index (χ3n) is 4.22. The highest BCUT2D eigenvalue weighted by Crippen LogP contribution is 2.57. The molecule has 3 rings (SSSR count). The van der Waals surface area contributed by atoms with Gasteiger partial charge in [-0.1, -0.05) is 18.7 Å². The van der Waals surface area contributed by atoms with E-state index in [0.29, 0.717) is 6.10 Å². The Morgan fingerprint density at radius 2 is 2.23 bits per heavy atom. The van der Waals surface area contributed by atoms with E-state index in [1.165, 1.54) is 19.3 Å². The quantitative estimate of drug-likeness (QED) is 0.464. The van der Waals surface area contributed by atoms with Crippen molar-refractivity contribution in [2.24, 2.45) is 23.7 Å². The molecule has 2 bridgehead atoms. The van der Waals surface area contributed by atoms with Gasteiger partial charge in [0.2, 0.25) is 0 Å². The van der Waals surface area contributed by atoms with Gasteiger partial charge in [0.15, 0.2) is 0 Å². The van der Waals surface area contributed by atoms with Crippen LogP contribution in [0.15, 0.2) is 25.0 Å². The van der Waals surface area contributed by atoms with Gasteiger partial charge in [0.05, 0.1) is 6.26 Å². The van der Waals surface area contributed by atoms with E-state index in [2.05, 4.69) is 18.7 Å². The van der Waals surface area contributed by atoms with Crippen LogP contribution in [0.5, 0.6) is 0 Å². The molecule has 0 amide bonds. The van der Waals surface area contributed by atoms with Crippen LogP contribution in [0.4, 0.5) is 0 Å². The summed E-state index contributed by atoms with van der Waals surface area (Å²) in [7, 11) is 0. The lowest BCUT2D eigenvalue weighted by Crippen LogP contribution is -2.29. The van der Waals surface area contributed by atoms with Crippen molar-refractivity contribution in [3.05, 3.63) is 25.0 Å². The maximum Gasteiger partial charge on any atom is 0.101 e. The minimum atomic E-state index is 0.478. The van der Waals surface area contributed by atoms with Crippen LogP contribution < -0.4 is 0 Å². The normalized spacial score (nSPS) is 50.9. The summed E-state index contributed by atoms with van der Waals surface area (Å²) < 4.78 is 5.57. The first-order valence-corrected chi connectivity index (χ1v) is 5.33. The summed E-state index contributed by atoms with van der Waals surface area (Å²) >= 11 is 0. The lowest BCUT2D eigenvalue weighted by Gasteiger charge is -2.30. The molecule has 1 heteroatoms. The summed E-state index contributed by atoms with van der Waals surface area (Å²) in [4.78, 5) is 0. The molecule has 70 valence electrons. The average Bonchev–Trinajstić information content (AvgIpc) is 2.72. The molecule has 2 saturated carbocycles. The van der Waals surface area contributed by atoms with E-state index in [1.54, 1.807) is 6.26 Å². The van der Waals surface area contributed by atoms with Gasteiger partial charge in [-0.05, 0) is 37.0 Å². The minimum absolute atomic E-state index is 0.478. The lowest BCUT2D eigenvalue weighted by atomic mass is 9.80. The second-order valence-electron chi connectivity index (χ2n) is 4.64. The van der Waals surface area contributed by atoms with Crippen LogP contribution in [0.3, 0.4) is 0 Å². The third kappa shape index (κ3) is 0.932. The van der Waals surface area contributed by atoms with Crippen LogP contribution in [0.25, 0.3) is 0 Å². The van der Waals surface area contributed by atoms with Gasteiger partial charge < -0.3 is 4.74 Å². The largest absolute Gasteiger partial charge is 0.498 e. The van der Waals surface area contributed by atoms with Crippen molar-refractivity contribution in [2.45, 2.75) is 25.4 Å². The van der Waals surface area contributed by atoms with Crippen molar-refractivity contribution in [3.63, 3.8) is 0 Å². The number of allylic oxidation sites excluding steroid dienone is 2. The van der Waals surface area contributed by atoms with Crippen LogP contribution in [0.1, 0.15) is 19.3 Å². The second kappa shape index (κ2) is 2.63. The predicted molar refractivity (Wildman–Crippen MR) is 52.0 cm³/mol. The SMILES string of the molecule is C=CO[C@@H]1CC2CC1C1C=CCC21. The monoisotopic (exact) mass is 176 g/mol. The molecule has 0 aliphatic heterocycles. The molecule has 13 heavy (non-hydrogen) atoms. The first kappa shape index (κ1) is 7.66. The predicted octanol–water partition coefficient (Wildman–Crippen LogP) is 2.75. The number of fused-ring (bicyclic) bond motifs is 5. The molecule has 1 nitrogen and oxygen atoms in total. The van der Waals surface area contributed by atoms with E-state index < -0.39 is 0 Å². The van der Waals surface area contributed by atoms with Gasteiger partial charge in [-0.3, -0.25) is 0 Å². The van der Waals surface area contributed by atoms with Gasteiger partial charge in [0.1, 0.15) is 6.10 Å². The number of rotatable bonds is 2. The summed E-state index contributed by atoms with van der Waals surface area (Å²) in [6.07, 6.45) is 10.9. The molecule has 4 unspecified atom stereocenters. The highest BCUT2D eigenvalue weighted by atomic mass is 16.5. The molecule has 3 aliphatic rings. The molecule has 0 aromatic carbocycles. The van der Waals surface area contributed by atoms with Gasteiger partial charge in [-0.2, -0.15) is 0 Å². The summed E-state index contributed by atoms with van der Waals surface area (Å²) in [6, 6.07) is 0. The summed E-state index contributed by atoms with van der Waals surface area (Å²) in [5.74, 6) is 3.54. The van der Waals surface area contributed by atoms with Crippen molar-refractivity contribution in [2.75, 3.05) is 0 Å². The van der Waals surface area contributed by atoms with Gasteiger partial charge in [-0.15, -0.1) is 0 Å². The van der Waals surface area contributed by atoms with Gasteiger partial charge in [0.25, 0.3) is 0 Å². The van der Waals surface area contributed by atoms with Crippen molar-refractivity contribution >= 4 is 0 Å². The Hall–Kier alpha value is -0.720. The zero-order chi connectivity index (χ0) is 8.84. The van der Waals surface area contributed by atoms with E-state index in [-0.39, 0.29) is 0 Å². The van der Waals surface area contributed by atoms with E-state index in [4.69, 9.17) is 4.74 Å². The molecule has 0 N–H and O–H groups in total. The molecule has 0 spiro atoms. The summed E-state index contributed by atoms with van der Waals surface area (Å²) in [5.41, 5.74) is 0. The van der Waals surface area contributed by atoms with Crippen molar-refractivity contribution in [1.82, 2.24) is 0 Å². The second-order valence-corrected chi connectivity index (χ2v) is 4.64. The molecular weight excluding hydrogens is 160 g/mol. The lowest BCUT2D eigenvalue weighted by molar-refractivity contribution is 0.0583. The smallest absolute Gasteiger partial charge is 0.101 e. The maximum absolute atomic E-state index is 5.57. The van der Waals surface area contributed by atoms with Crippen molar-refractivity contribution < 1.29 is 4.74 Å². The minimum Gasteiger partial charge on any atom is -0.498 e. The fourth-order valence-corrected chi connectivity index (χ4v) is 3.77. The van der Waals surface area contributed by atoms with E-state index in [0.717, 1.165) is 23.7 Å². The Kier molecular flexibility index (Phi) is 1.55. The Labute approximate surface area is 79.5 Å². The fourth-order valence-electron chi connectivity index (χ4n) is 3.77. The number of hydrogen-bond acceptors (Lipinski definition) is 1. The number of hydrogen-bond donors (Lipinski definition) is 0. The Balaban J connectivity index is 1.81. The van der Waals surface area contributed by atoms with Crippen LogP contribution in [0, 0.1) is 23.7 Å². The molecule has 0 aromatic rings. The molecule has 0 saturated heterocycles. The topological polar surface area (TPSA) is 9.23 Å². The van der Waals surface area contributed by atoms with Crippen LogP contribution in [0.2, 0.25) is 0 Å². The van der Waals surface area contributed by atoms with Gasteiger partial charge in [-0.25, -0.2) is 0 Å². The maximum atomic E-state index is 5.57. The standard InChI is InChI=1S/C12H16O/c1-2-13-12-7-8-6-11(12)10-5-3-4-9(8)10/h2-3,5,8-12H,1,4,6-7H2/t8?,9?,10?,11?,12-/m1/s1. The Bertz CT molecular complexity index is 256. The van der Waals surface area contributed by atoms with Crippen LogP contribution in [-0.2, 0) is 4.74 Å². The molecule has 5 atom stereocenters.